The van der Waals surface area contributed by atoms with Gasteiger partial charge in [0, 0.05) is 36.6 Å². The summed E-state index contributed by atoms with van der Waals surface area (Å²) in [5.74, 6) is 1.89. The van der Waals surface area contributed by atoms with Crippen LogP contribution in [0.5, 0.6) is 5.75 Å². The number of carbonyl (C=O) groups is 1. The molecule has 4 heterocycles. The maximum atomic E-state index is 14.2. The molecule has 0 unspecified atom stereocenters. The average molecular weight is 474 g/mol. The fourth-order valence-electron chi connectivity index (χ4n) is 5.67. The van der Waals surface area contributed by atoms with E-state index in [0.717, 1.165) is 59.4 Å². The second-order valence-corrected chi connectivity index (χ2v) is 10.2. The summed E-state index contributed by atoms with van der Waals surface area (Å²) in [6.45, 7) is 3.33. The number of benzene rings is 2. The van der Waals surface area contributed by atoms with Crippen molar-refractivity contribution >= 4 is 27.8 Å². The van der Waals surface area contributed by atoms with Crippen molar-refractivity contribution in [3.8, 4) is 17.3 Å². The molecule has 2 fully saturated rings. The first-order valence-electron chi connectivity index (χ1n) is 12.6. The molecule has 3 aliphatic rings. The summed E-state index contributed by atoms with van der Waals surface area (Å²) < 4.78 is 24.6. The number of nitrogens with two attached hydrogens (primary N) is 1. The van der Waals surface area contributed by atoms with Gasteiger partial charge in [-0.25, -0.2) is 9.37 Å². The molecule has 7 nitrogen and oxygen atoms in total. The van der Waals surface area contributed by atoms with Crippen LogP contribution in [0.1, 0.15) is 36.0 Å². The first-order valence-corrected chi connectivity index (χ1v) is 12.6. The van der Waals surface area contributed by atoms with E-state index in [1.165, 1.54) is 18.9 Å². The van der Waals surface area contributed by atoms with E-state index in [4.69, 9.17) is 15.5 Å². The molecule has 4 aromatic rings. The Balaban J connectivity index is 1.37. The number of imidazole rings is 1. The van der Waals surface area contributed by atoms with E-state index in [1.807, 2.05) is 23.1 Å². The van der Waals surface area contributed by atoms with Gasteiger partial charge in [0.25, 0.3) is 5.91 Å². The number of ether oxygens (including phenoxy) is 1. The molecular formula is C27H28FN5O2. The summed E-state index contributed by atoms with van der Waals surface area (Å²) >= 11 is 0. The van der Waals surface area contributed by atoms with Crippen LogP contribution >= 0.6 is 0 Å². The molecule has 8 heteroatoms. The van der Waals surface area contributed by atoms with Crippen LogP contribution in [0.3, 0.4) is 0 Å². The Morgan fingerprint density at radius 2 is 2.03 bits per heavy atom. The number of hydrogen-bond acceptors (Lipinski definition) is 4. The quantitative estimate of drug-likeness (QED) is 0.483. The van der Waals surface area contributed by atoms with Gasteiger partial charge in [-0.15, -0.1) is 0 Å². The van der Waals surface area contributed by atoms with Gasteiger partial charge in [0.2, 0.25) is 0 Å². The van der Waals surface area contributed by atoms with Crippen molar-refractivity contribution < 1.29 is 13.9 Å². The third-order valence-electron chi connectivity index (χ3n) is 7.60. The third kappa shape index (κ3) is 3.50. The predicted molar refractivity (Wildman–Crippen MR) is 132 cm³/mol. The molecule has 1 saturated carbocycles. The number of likely N-dealkylation sites (tertiary alicyclic amines) is 1. The Morgan fingerprint density at radius 3 is 2.86 bits per heavy atom. The molecule has 2 aromatic carbocycles. The summed E-state index contributed by atoms with van der Waals surface area (Å²) in [6, 6.07) is 10.8. The zero-order valence-electron chi connectivity index (χ0n) is 19.5. The second-order valence-electron chi connectivity index (χ2n) is 10.2. The van der Waals surface area contributed by atoms with E-state index >= 15 is 0 Å². The minimum absolute atomic E-state index is 0.0232. The Kier molecular flexibility index (Phi) is 4.67. The normalized spacial score (nSPS) is 19.9. The number of carbonyl (C=O) groups excluding carboxylic acids is 1. The lowest BCUT2D eigenvalue weighted by Gasteiger charge is -2.31. The van der Waals surface area contributed by atoms with Gasteiger partial charge < -0.3 is 24.5 Å². The van der Waals surface area contributed by atoms with Crippen molar-refractivity contribution in [2.24, 2.45) is 11.7 Å². The number of piperidine rings is 1. The molecular weight excluding hydrogens is 445 g/mol. The maximum absolute atomic E-state index is 14.2. The van der Waals surface area contributed by atoms with E-state index in [1.54, 1.807) is 6.07 Å². The van der Waals surface area contributed by atoms with E-state index in [-0.39, 0.29) is 17.8 Å². The van der Waals surface area contributed by atoms with Gasteiger partial charge in [-0.1, -0.05) is 0 Å². The molecule has 1 saturated heterocycles. The van der Waals surface area contributed by atoms with Crippen molar-refractivity contribution in [2.75, 3.05) is 19.7 Å². The molecule has 2 aliphatic heterocycles. The Hall–Kier alpha value is -3.39. The zero-order chi connectivity index (χ0) is 23.7. The lowest BCUT2D eigenvalue weighted by molar-refractivity contribution is 0.0708. The fraction of sp³-hybridized carbons (Fsp3) is 0.407. The summed E-state index contributed by atoms with van der Waals surface area (Å²) in [4.78, 5) is 20.2. The van der Waals surface area contributed by atoms with Gasteiger partial charge in [0.15, 0.2) is 5.82 Å². The molecule has 1 aliphatic carbocycles. The highest BCUT2D eigenvalue weighted by molar-refractivity contribution is 6.00. The minimum atomic E-state index is -0.231. The van der Waals surface area contributed by atoms with Gasteiger partial charge >= 0.3 is 0 Å². The number of aromatic nitrogens is 3. The van der Waals surface area contributed by atoms with Gasteiger partial charge in [0.05, 0.1) is 23.3 Å². The smallest absolute Gasteiger partial charge is 0.254 e. The highest BCUT2D eigenvalue weighted by atomic mass is 19.1. The number of amides is 1. The van der Waals surface area contributed by atoms with Crippen LogP contribution in [-0.2, 0) is 13.1 Å². The number of rotatable bonds is 4. The van der Waals surface area contributed by atoms with E-state index < -0.39 is 0 Å². The number of hydrogen-bond donors (Lipinski definition) is 1. The summed E-state index contributed by atoms with van der Waals surface area (Å²) in [5, 5.41) is 1.01. The van der Waals surface area contributed by atoms with Crippen LogP contribution in [0.15, 0.2) is 36.4 Å². The molecule has 1 amide bonds. The number of nitrogens with zero attached hydrogens (tertiary/aromatic N) is 4. The molecule has 35 heavy (non-hydrogen) atoms. The SMILES string of the molecule is N[C@@H]1CCCN(C(=O)c2cc3c4c(c2)nc(-c2cc5ccc(F)cc5n2CC2CC2)n4CCO3)C1. The summed E-state index contributed by atoms with van der Waals surface area (Å²) in [6.07, 6.45) is 4.27. The van der Waals surface area contributed by atoms with Crippen LogP contribution in [-0.4, -0.2) is 50.7 Å². The highest BCUT2D eigenvalue weighted by Gasteiger charge is 2.29. The molecule has 180 valence electrons. The van der Waals surface area contributed by atoms with E-state index in [2.05, 4.69) is 15.2 Å². The van der Waals surface area contributed by atoms with Crippen molar-refractivity contribution in [1.29, 1.82) is 0 Å². The van der Waals surface area contributed by atoms with Crippen LogP contribution in [0.4, 0.5) is 4.39 Å². The standard InChI is InChI=1S/C27H28FN5O2/c28-19-6-5-17-11-23(33(22(17)13-19)14-16-3-4-16)26-30-21-10-18(12-24-25(21)32(26)8-9-35-24)27(34)31-7-1-2-20(29)15-31/h5-6,10-13,16,20H,1-4,7-9,14-15,29H2/t20-/m1/s1. The lowest BCUT2D eigenvalue weighted by atomic mass is 10.0. The Morgan fingerprint density at radius 1 is 1.14 bits per heavy atom. The van der Waals surface area contributed by atoms with Crippen molar-refractivity contribution in [2.45, 2.75) is 44.8 Å². The Bertz CT molecular complexity index is 1480. The van der Waals surface area contributed by atoms with Gasteiger partial charge in [0.1, 0.15) is 23.7 Å². The third-order valence-corrected chi connectivity index (χ3v) is 7.60. The minimum Gasteiger partial charge on any atom is -0.489 e. The van der Waals surface area contributed by atoms with Crippen molar-refractivity contribution in [1.82, 2.24) is 19.0 Å². The molecule has 1 atom stereocenters. The molecule has 0 radical (unpaired) electrons. The van der Waals surface area contributed by atoms with E-state index in [0.29, 0.717) is 36.9 Å². The predicted octanol–water partition coefficient (Wildman–Crippen LogP) is 4.16. The highest BCUT2D eigenvalue weighted by Crippen LogP contribution is 2.39. The fourth-order valence-corrected chi connectivity index (χ4v) is 5.67. The van der Waals surface area contributed by atoms with Crippen LogP contribution < -0.4 is 10.5 Å². The first kappa shape index (κ1) is 20.9. The zero-order valence-corrected chi connectivity index (χ0v) is 19.5. The molecule has 2 N–H and O–H groups in total. The van der Waals surface area contributed by atoms with Crippen LogP contribution in [0, 0.1) is 11.7 Å². The molecule has 0 bridgehead atoms. The monoisotopic (exact) mass is 473 g/mol. The largest absolute Gasteiger partial charge is 0.489 e. The second kappa shape index (κ2) is 7.81. The first-order chi connectivity index (χ1) is 17.0. The lowest BCUT2D eigenvalue weighted by Crippen LogP contribution is -2.45. The number of halogens is 1. The van der Waals surface area contributed by atoms with Gasteiger partial charge in [-0.3, -0.25) is 4.79 Å². The summed E-state index contributed by atoms with van der Waals surface area (Å²) in [5.41, 5.74) is 10.2. The maximum Gasteiger partial charge on any atom is 0.254 e. The number of fused-ring (bicyclic) bond motifs is 1. The molecule has 7 rings (SSSR count). The van der Waals surface area contributed by atoms with Crippen molar-refractivity contribution in [3.63, 3.8) is 0 Å². The van der Waals surface area contributed by atoms with Crippen LogP contribution in [0.2, 0.25) is 0 Å². The molecule has 0 spiro atoms. The summed E-state index contributed by atoms with van der Waals surface area (Å²) in [7, 11) is 0. The van der Waals surface area contributed by atoms with Crippen molar-refractivity contribution in [3.05, 3.63) is 47.8 Å². The Labute approximate surface area is 202 Å². The topological polar surface area (TPSA) is 78.3 Å². The van der Waals surface area contributed by atoms with Crippen LogP contribution in [0.25, 0.3) is 33.5 Å². The average Bonchev–Trinajstić information content (AvgIpc) is 3.52. The molecule has 2 aromatic heterocycles. The van der Waals surface area contributed by atoms with Gasteiger partial charge in [-0.2, -0.15) is 0 Å². The van der Waals surface area contributed by atoms with E-state index in [9.17, 15) is 9.18 Å². The van der Waals surface area contributed by atoms with Gasteiger partial charge in [-0.05, 0) is 68.0 Å².